The van der Waals surface area contributed by atoms with E-state index in [4.69, 9.17) is 0 Å². The lowest BCUT2D eigenvalue weighted by atomic mass is 9.98. The topological polar surface area (TPSA) is 55.4 Å². The van der Waals surface area contributed by atoms with E-state index in [1.54, 1.807) is 24.3 Å². The number of anilines is 1. The minimum atomic E-state index is -0.387. The number of esters is 1. The van der Waals surface area contributed by atoms with Gasteiger partial charge in [0, 0.05) is 12.1 Å². The van der Waals surface area contributed by atoms with Gasteiger partial charge >= 0.3 is 5.97 Å². The van der Waals surface area contributed by atoms with Gasteiger partial charge in [-0.2, -0.15) is 0 Å². The predicted octanol–water partition coefficient (Wildman–Crippen LogP) is 4.07. The SMILES string of the molecule is COC(=O)c1ccc(NC(=O)CC(C)CCc2ccccc2)cc1. The Bertz CT molecular complexity index is 665. The molecule has 1 unspecified atom stereocenters. The Labute approximate surface area is 142 Å². The second-order valence-corrected chi connectivity index (χ2v) is 5.95. The summed E-state index contributed by atoms with van der Waals surface area (Å²) in [5.74, 6) is -0.0941. The molecule has 126 valence electrons. The molecule has 4 nitrogen and oxygen atoms in total. The van der Waals surface area contributed by atoms with Gasteiger partial charge in [-0.25, -0.2) is 4.79 Å². The van der Waals surface area contributed by atoms with Crippen LogP contribution in [0.25, 0.3) is 0 Å². The van der Waals surface area contributed by atoms with Gasteiger partial charge < -0.3 is 10.1 Å². The molecule has 0 heterocycles. The summed E-state index contributed by atoms with van der Waals surface area (Å²) < 4.78 is 4.65. The third-order valence-corrected chi connectivity index (χ3v) is 3.89. The Balaban J connectivity index is 1.78. The van der Waals surface area contributed by atoms with Crippen LogP contribution in [0.4, 0.5) is 5.69 Å². The minimum absolute atomic E-state index is 0.0126. The van der Waals surface area contributed by atoms with Crippen LogP contribution in [0.3, 0.4) is 0 Å². The van der Waals surface area contributed by atoms with Crippen LogP contribution in [0, 0.1) is 5.92 Å². The van der Waals surface area contributed by atoms with Crippen LogP contribution >= 0.6 is 0 Å². The Kier molecular flexibility index (Phi) is 6.55. The van der Waals surface area contributed by atoms with Gasteiger partial charge in [0.1, 0.15) is 0 Å². The first-order chi connectivity index (χ1) is 11.6. The number of hydrogen-bond acceptors (Lipinski definition) is 3. The van der Waals surface area contributed by atoms with E-state index in [2.05, 4.69) is 29.1 Å². The summed E-state index contributed by atoms with van der Waals surface area (Å²) in [4.78, 5) is 23.5. The van der Waals surface area contributed by atoms with Gasteiger partial charge in [0.05, 0.1) is 12.7 Å². The average Bonchev–Trinajstić information content (AvgIpc) is 2.60. The Morgan fingerprint density at radius 2 is 1.71 bits per heavy atom. The van der Waals surface area contributed by atoms with Crippen LogP contribution in [0.15, 0.2) is 54.6 Å². The minimum Gasteiger partial charge on any atom is -0.465 e. The fraction of sp³-hybridized carbons (Fsp3) is 0.300. The van der Waals surface area contributed by atoms with Crippen molar-refractivity contribution in [2.75, 3.05) is 12.4 Å². The van der Waals surface area contributed by atoms with E-state index in [1.165, 1.54) is 12.7 Å². The molecule has 0 saturated heterocycles. The third-order valence-electron chi connectivity index (χ3n) is 3.89. The highest BCUT2D eigenvalue weighted by Gasteiger charge is 2.10. The molecule has 1 amide bonds. The van der Waals surface area contributed by atoms with E-state index in [0.29, 0.717) is 23.6 Å². The summed E-state index contributed by atoms with van der Waals surface area (Å²) in [6.07, 6.45) is 2.42. The second-order valence-electron chi connectivity index (χ2n) is 5.95. The zero-order chi connectivity index (χ0) is 17.4. The van der Waals surface area contributed by atoms with E-state index in [1.807, 2.05) is 18.2 Å². The summed E-state index contributed by atoms with van der Waals surface area (Å²) in [5.41, 5.74) is 2.44. The normalized spacial score (nSPS) is 11.6. The number of carbonyl (C=O) groups is 2. The molecule has 0 aliphatic carbocycles. The number of ether oxygens (including phenoxy) is 1. The highest BCUT2D eigenvalue weighted by molar-refractivity contribution is 5.93. The molecule has 24 heavy (non-hydrogen) atoms. The standard InChI is InChI=1S/C20H23NO3/c1-15(8-9-16-6-4-3-5-7-16)14-19(22)21-18-12-10-17(11-13-18)20(23)24-2/h3-7,10-13,15H,8-9,14H2,1-2H3,(H,21,22). The quantitative estimate of drug-likeness (QED) is 0.781. The van der Waals surface area contributed by atoms with Gasteiger partial charge in [-0.15, -0.1) is 0 Å². The van der Waals surface area contributed by atoms with Crippen molar-refractivity contribution in [3.8, 4) is 0 Å². The molecule has 2 rings (SSSR count). The highest BCUT2D eigenvalue weighted by atomic mass is 16.5. The fourth-order valence-corrected chi connectivity index (χ4v) is 2.50. The molecule has 4 heteroatoms. The summed E-state index contributed by atoms with van der Waals surface area (Å²) in [7, 11) is 1.34. The maximum Gasteiger partial charge on any atom is 0.337 e. The molecule has 0 aliphatic rings. The monoisotopic (exact) mass is 325 g/mol. The van der Waals surface area contributed by atoms with Crippen molar-refractivity contribution < 1.29 is 14.3 Å². The highest BCUT2D eigenvalue weighted by Crippen LogP contribution is 2.15. The van der Waals surface area contributed by atoms with Gasteiger partial charge in [0.2, 0.25) is 5.91 Å². The van der Waals surface area contributed by atoms with Crippen LogP contribution in [-0.2, 0) is 16.0 Å². The van der Waals surface area contributed by atoms with Crippen LogP contribution in [-0.4, -0.2) is 19.0 Å². The molecule has 1 N–H and O–H groups in total. The van der Waals surface area contributed by atoms with Crippen molar-refractivity contribution in [2.45, 2.75) is 26.2 Å². The smallest absolute Gasteiger partial charge is 0.337 e. The van der Waals surface area contributed by atoms with E-state index in [-0.39, 0.29) is 11.9 Å². The number of methoxy groups -OCH3 is 1. The molecule has 2 aromatic rings. The van der Waals surface area contributed by atoms with Crippen molar-refractivity contribution in [3.63, 3.8) is 0 Å². The lowest BCUT2D eigenvalue weighted by Crippen LogP contribution is -2.15. The van der Waals surface area contributed by atoms with E-state index in [0.717, 1.165) is 12.8 Å². The maximum absolute atomic E-state index is 12.1. The molecule has 0 spiro atoms. The molecule has 0 saturated carbocycles. The van der Waals surface area contributed by atoms with Crippen molar-refractivity contribution in [3.05, 3.63) is 65.7 Å². The summed E-state index contributed by atoms with van der Waals surface area (Å²) in [6, 6.07) is 17.0. The molecule has 0 aliphatic heterocycles. The fourth-order valence-electron chi connectivity index (χ4n) is 2.50. The van der Waals surface area contributed by atoms with E-state index < -0.39 is 0 Å². The Morgan fingerprint density at radius 1 is 1.04 bits per heavy atom. The third kappa shape index (κ3) is 5.54. The van der Waals surface area contributed by atoms with Crippen LogP contribution in [0.1, 0.15) is 35.7 Å². The zero-order valence-electron chi connectivity index (χ0n) is 14.1. The number of rotatable bonds is 7. The van der Waals surface area contributed by atoms with Gasteiger partial charge in [0.25, 0.3) is 0 Å². The number of aryl methyl sites for hydroxylation is 1. The van der Waals surface area contributed by atoms with Crippen molar-refractivity contribution in [1.29, 1.82) is 0 Å². The number of hydrogen-bond donors (Lipinski definition) is 1. The number of amides is 1. The lowest BCUT2D eigenvalue weighted by Gasteiger charge is -2.12. The zero-order valence-corrected chi connectivity index (χ0v) is 14.1. The molecule has 2 aromatic carbocycles. The first-order valence-corrected chi connectivity index (χ1v) is 8.10. The van der Waals surface area contributed by atoms with Crippen LogP contribution in [0.5, 0.6) is 0 Å². The first-order valence-electron chi connectivity index (χ1n) is 8.10. The number of carbonyl (C=O) groups excluding carboxylic acids is 2. The molecule has 0 aromatic heterocycles. The van der Waals surface area contributed by atoms with E-state index in [9.17, 15) is 9.59 Å². The predicted molar refractivity (Wildman–Crippen MR) is 95.0 cm³/mol. The van der Waals surface area contributed by atoms with Crippen molar-refractivity contribution in [1.82, 2.24) is 0 Å². The summed E-state index contributed by atoms with van der Waals surface area (Å²) >= 11 is 0. The van der Waals surface area contributed by atoms with Crippen LogP contribution < -0.4 is 5.32 Å². The van der Waals surface area contributed by atoms with Gasteiger partial charge in [0.15, 0.2) is 0 Å². The van der Waals surface area contributed by atoms with Crippen LogP contribution in [0.2, 0.25) is 0 Å². The molecular formula is C20H23NO3. The Hall–Kier alpha value is -2.62. The van der Waals surface area contributed by atoms with E-state index >= 15 is 0 Å². The number of benzene rings is 2. The Morgan fingerprint density at radius 3 is 2.33 bits per heavy atom. The van der Waals surface area contributed by atoms with Crippen molar-refractivity contribution >= 4 is 17.6 Å². The molecule has 0 fully saturated rings. The van der Waals surface area contributed by atoms with Gasteiger partial charge in [-0.05, 0) is 48.6 Å². The molecular weight excluding hydrogens is 302 g/mol. The second kappa shape index (κ2) is 8.87. The largest absolute Gasteiger partial charge is 0.465 e. The summed E-state index contributed by atoms with van der Waals surface area (Å²) in [5, 5.41) is 2.86. The molecule has 1 atom stereocenters. The average molecular weight is 325 g/mol. The van der Waals surface area contributed by atoms with Gasteiger partial charge in [-0.3, -0.25) is 4.79 Å². The molecule has 0 radical (unpaired) electrons. The van der Waals surface area contributed by atoms with Gasteiger partial charge in [-0.1, -0.05) is 37.3 Å². The van der Waals surface area contributed by atoms with Crippen molar-refractivity contribution in [2.24, 2.45) is 5.92 Å². The number of nitrogens with one attached hydrogen (secondary N) is 1. The summed E-state index contributed by atoms with van der Waals surface area (Å²) in [6.45, 7) is 2.09. The molecule has 0 bridgehead atoms. The maximum atomic E-state index is 12.1. The first kappa shape index (κ1) is 17.7. The lowest BCUT2D eigenvalue weighted by molar-refractivity contribution is -0.117.